The Bertz CT molecular complexity index is 397. The van der Waals surface area contributed by atoms with Gasteiger partial charge in [-0.05, 0) is 31.2 Å². The maximum Gasteiger partial charge on any atom is 0.237 e. The van der Waals surface area contributed by atoms with Crippen LogP contribution < -0.4 is 11.1 Å². The van der Waals surface area contributed by atoms with E-state index >= 15 is 0 Å². The van der Waals surface area contributed by atoms with Gasteiger partial charge in [-0.25, -0.2) is 0 Å². The fraction of sp³-hybridized carbons (Fsp3) is 0.300. The normalized spacial score (nSPS) is 19.6. The molecule has 0 radical (unpaired) electrons. The van der Waals surface area contributed by atoms with E-state index in [-0.39, 0.29) is 11.2 Å². The third-order valence-electron chi connectivity index (χ3n) is 2.19. The summed E-state index contributed by atoms with van der Waals surface area (Å²) in [6.07, 6.45) is 0.693. The molecule has 3 N–H and O–H groups in total. The van der Waals surface area contributed by atoms with Gasteiger partial charge in [0, 0.05) is 9.92 Å². The van der Waals surface area contributed by atoms with Crippen molar-refractivity contribution in [3.63, 3.8) is 0 Å². The van der Waals surface area contributed by atoms with Crippen LogP contribution in [0.3, 0.4) is 0 Å². The minimum atomic E-state index is -0.0799. The Kier molecular flexibility index (Phi) is 3.19. The predicted octanol–water partition coefficient (Wildman–Crippen LogP) is 2.10. The van der Waals surface area contributed by atoms with Crippen LogP contribution in [0, 0.1) is 0 Å². The number of rotatable bonds is 2. The number of nitrogens with two attached hydrogens (primary N) is 1. The first-order valence-corrected chi connectivity index (χ1v) is 5.93. The standard InChI is InChI=1S/C10H11ClN2OS/c11-6-1-2-8-7(5-6)13-10(14)9(15-8)3-4-12/h1-2,5,9H,3-4,12H2,(H,13,14). The second kappa shape index (κ2) is 4.43. The zero-order valence-electron chi connectivity index (χ0n) is 8.00. The Labute approximate surface area is 97.4 Å². The summed E-state index contributed by atoms with van der Waals surface area (Å²) in [5.41, 5.74) is 6.25. The van der Waals surface area contributed by atoms with Crippen molar-refractivity contribution in [2.75, 3.05) is 11.9 Å². The van der Waals surface area contributed by atoms with Crippen LogP contribution >= 0.6 is 23.4 Å². The molecular weight excluding hydrogens is 232 g/mol. The van der Waals surface area contributed by atoms with Crippen molar-refractivity contribution in [2.24, 2.45) is 5.73 Å². The molecule has 0 bridgehead atoms. The minimum absolute atomic E-state index is 0.0141. The molecule has 0 saturated heterocycles. The number of thioether (sulfide) groups is 1. The molecule has 1 atom stereocenters. The molecule has 1 aliphatic heterocycles. The molecule has 0 aliphatic carbocycles. The van der Waals surface area contributed by atoms with Gasteiger partial charge in [0.2, 0.25) is 5.91 Å². The predicted molar refractivity (Wildman–Crippen MR) is 63.4 cm³/mol. The fourth-order valence-electron chi connectivity index (χ4n) is 1.46. The average Bonchev–Trinajstić information content (AvgIpc) is 2.20. The van der Waals surface area contributed by atoms with Crippen LogP contribution in [-0.4, -0.2) is 17.7 Å². The number of carbonyl (C=O) groups excluding carboxylic acids is 1. The van der Waals surface area contributed by atoms with Crippen molar-refractivity contribution in [1.82, 2.24) is 0 Å². The van der Waals surface area contributed by atoms with Crippen molar-refractivity contribution in [3.8, 4) is 0 Å². The quantitative estimate of drug-likeness (QED) is 0.835. The highest BCUT2D eigenvalue weighted by Crippen LogP contribution is 2.37. The molecule has 0 aromatic heterocycles. The molecule has 1 unspecified atom stereocenters. The van der Waals surface area contributed by atoms with Gasteiger partial charge in [-0.3, -0.25) is 4.79 Å². The number of benzene rings is 1. The molecule has 15 heavy (non-hydrogen) atoms. The number of anilines is 1. The molecule has 1 aromatic rings. The molecule has 1 amide bonds. The number of halogens is 1. The van der Waals surface area contributed by atoms with E-state index in [1.54, 1.807) is 17.8 Å². The summed E-state index contributed by atoms with van der Waals surface area (Å²) in [5, 5.41) is 3.39. The number of amides is 1. The van der Waals surface area contributed by atoms with Gasteiger partial charge in [-0.1, -0.05) is 11.6 Å². The topological polar surface area (TPSA) is 55.1 Å². The molecule has 5 heteroatoms. The van der Waals surface area contributed by atoms with Crippen molar-refractivity contribution >= 4 is 35.0 Å². The summed E-state index contributed by atoms with van der Waals surface area (Å²) >= 11 is 7.39. The first-order valence-electron chi connectivity index (χ1n) is 4.68. The SMILES string of the molecule is NCCC1Sc2ccc(Cl)cc2NC1=O. The lowest BCUT2D eigenvalue weighted by atomic mass is 10.2. The Hall–Kier alpha value is -0.710. The van der Waals surface area contributed by atoms with Gasteiger partial charge in [0.1, 0.15) is 0 Å². The highest BCUT2D eigenvalue weighted by Gasteiger charge is 2.25. The first-order chi connectivity index (χ1) is 7.20. The van der Waals surface area contributed by atoms with Gasteiger partial charge in [-0.15, -0.1) is 11.8 Å². The lowest BCUT2D eigenvalue weighted by molar-refractivity contribution is -0.115. The molecular formula is C10H11ClN2OS. The van der Waals surface area contributed by atoms with Crippen LogP contribution in [0.15, 0.2) is 23.1 Å². The second-order valence-corrected chi connectivity index (χ2v) is 4.99. The number of nitrogens with one attached hydrogen (secondary N) is 1. The summed E-state index contributed by atoms with van der Waals surface area (Å²) in [5.74, 6) is 0.0141. The number of hydrogen-bond acceptors (Lipinski definition) is 3. The van der Waals surface area contributed by atoms with Crippen molar-refractivity contribution in [2.45, 2.75) is 16.6 Å². The van der Waals surface area contributed by atoms with Crippen molar-refractivity contribution < 1.29 is 4.79 Å². The van der Waals surface area contributed by atoms with Gasteiger partial charge in [0.15, 0.2) is 0 Å². The van der Waals surface area contributed by atoms with E-state index in [0.29, 0.717) is 18.0 Å². The average molecular weight is 243 g/mol. The number of fused-ring (bicyclic) bond motifs is 1. The van der Waals surface area contributed by atoms with Crippen molar-refractivity contribution in [1.29, 1.82) is 0 Å². The van der Waals surface area contributed by atoms with Crippen LogP contribution in [-0.2, 0) is 4.79 Å². The van der Waals surface area contributed by atoms with Crippen LogP contribution in [0.25, 0.3) is 0 Å². The van der Waals surface area contributed by atoms with E-state index in [2.05, 4.69) is 5.32 Å². The molecule has 3 nitrogen and oxygen atoms in total. The molecule has 0 spiro atoms. The molecule has 1 aliphatic rings. The van der Waals surface area contributed by atoms with E-state index in [0.717, 1.165) is 10.6 Å². The summed E-state index contributed by atoms with van der Waals surface area (Å²) < 4.78 is 0. The van der Waals surface area contributed by atoms with Gasteiger partial charge in [0.25, 0.3) is 0 Å². The maximum absolute atomic E-state index is 11.6. The third-order valence-corrected chi connectivity index (χ3v) is 3.77. The zero-order chi connectivity index (χ0) is 10.8. The summed E-state index contributed by atoms with van der Waals surface area (Å²) in [4.78, 5) is 12.7. The van der Waals surface area contributed by atoms with Gasteiger partial charge < -0.3 is 11.1 Å². The molecule has 80 valence electrons. The fourth-order valence-corrected chi connectivity index (χ4v) is 2.75. The Morgan fingerprint density at radius 2 is 2.33 bits per heavy atom. The highest BCUT2D eigenvalue weighted by molar-refractivity contribution is 8.01. The van der Waals surface area contributed by atoms with Crippen LogP contribution in [0.4, 0.5) is 5.69 Å². The third kappa shape index (κ3) is 2.27. The number of carbonyl (C=O) groups is 1. The summed E-state index contributed by atoms with van der Waals surface area (Å²) in [6.45, 7) is 0.522. The summed E-state index contributed by atoms with van der Waals surface area (Å²) in [6, 6.07) is 5.51. The lowest BCUT2D eigenvalue weighted by Gasteiger charge is -2.23. The number of hydrogen-bond donors (Lipinski definition) is 2. The van der Waals surface area contributed by atoms with Gasteiger partial charge in [0.05, 0.1) is 10.9 Å². The van der Waals surface area contributed by atoms with Crippen molar-refractivity contribution in [3.05, 3.63) is 23.2 Å². The Morgan fingerprint density at radius 3 is 3.07 bits per heavy atom. The minimum Gasteiger partial charge on any atom is -0.330 e. The van der Waals surface area contributed by atoms with Gasteiger partial charge >= 0.3 is 0 Å². The van der Waals surface area contributed by atoms with Crippen LogP contribution in [0.1, 0.15) is 6.42 Å². The second-order valence-electron chi connectivity index (χ2n) is 3.31. The molecule has 0 fully saturated rings. The zero-order valence-corrected chi connectivity index (χ0v) is 9.57. The Balaban J connectivity index is 2.26. The lowest BCUT2D eigenvalue weighted by Crippen LogP contribution is -2.30. The smallest absolute Gasteiger partial charge is 0.237 e. The van der Waals surface area contributed by atoms with E-state index < -0.39 is 0 Å². The molecule has 2 rings (SSSR count). The monoisotopic (exact) mass is 242 g/mol. The maximum atomic E-state index is 11.6. The Morgan fingerprint density at radius 1 is 1.53 bits per heavy atom. The summed E-state index contributed by atoms with van der Waals surface area (Å²) in [7, 11) is 0. The first kappa shape index (κ1) is 10.8. The molecule has 0 saturated carbocycles. The van der Waals surface area contributed by atoms with Crippen LogP contribution in [0.2, 0.25) is 5.02 Å². The van der Waals surface area contributed by atoms with E-state index in [1.807, 2.05) is 12.1 Å². The largest absolute Gasteiger partial charge is 0.330 e. The molecule has 1 heterocycles. The van der Waals surface area contributed by atoms with Gasteiger partial charge in [-0.2, -0.15) is 0 Å². The molecule has 1 aromatic carbocycles. The highest BCUT2D eigenvalue weighted by atomic mass is 35.5. The van der Waals surface area contributed by atoms with E-state index in [1.165, 1.54) is 0 Å². The van der Waals surface area contributed by atoms with E-state index in [4.69, 9.17) is 17.3 Å². The van der Waals surface area contributed by atoms with Crippen LogP contribution in [0.5, 0.6) is 0 Å². The van der Waals surface area contributed by atoms with E-state index in [9.17, 15) is 4.79 Å².